The van der Waals surface area contributed by atoms with E-state index in [0.717, 1.165) is 5.56 Å². The van der Waals surface area contributed by atoms with Crippen molar-refractivity contribution >= 4 is 11.6 Å². The number of rotatable bonds is 2. The maximum absolute atomic E-state index is 8.64. The van der Waals surface area contributed by atoms with Gasteiger partial charge in [-0.1, -0.05) is 23.7 Å². The third-order valence-corrected chi connectivity index (χ3v) is 1.78. The van der Waals surface area contributed by atoms with Crippen molar-refractivity contribution in [2.75, 3.05) is 7.11 Å². The van der Waals surface area contributed by atoms with Crippen LogP contribution in [0.5, 0.6) is 0 Å². The molecule has 1 rings (SSSR count). The molecule has 0 N–H and O–H groups in total. The molecule has 0 spiro atoms. The molecule has 1 aromatic carbocycles. The second-order valence-electron chi connectivity index (χ2n) is 2.30. The number of hydrogen-bond donors (Lipinski definition) is 0. The Morgan fingerprint density at radius 3 is 2.42 bits per heavy atom. The van der Waals surface area contributed by atoms with E-state index >= 15 is 0 Å². The van der Waals surface area contributed by atoms with Gasteiger partial charge in [-0.3, -0.25) is 0 Å². The first kappa shape index (κ1) is 9.05. The molecule has 12 heavy (non-hydrogen) atoms. The average molecular weight is 182 g/mol. The predicted molar refractivity (Wildman–Crippen MR) is 46.8 cm³/mol. The van der Waals surface area contributed by atoms with Gasteiger partial charge in [0.15, 0.2) is 6.10 Å². The summed E-state index contributed by atoms with van der Waals surface area (Å²) in [5.74, 6) is 0. The molecule has 0 heterocycles. The van der Waals surface area contributed by atoms with Gasteiger partial charge in [0.1, 0.15) is 0 Å². The number of benzene rings is 1. The molecule has 0 saturated carbocycles. The van der Waals surface area contributed by atoms with Gasteiger partial charge in [0.25, 0.3) is 0 Å². The highest BCUT2D eigenvalue weighted by Crippen LogP contribution is 2.17. The number of halogens is 1. The molecule has 0 radical (unpaired) electrons. The van der Waals surface area contributed by atoms with Crippen LogP contribution >= 0.6 is 11.6 Å². The second kappa shape index (κ2) is 4.10. The van der Waals surface area contributed by atoms with Crippen LogP contribution < -0.4 is 0 Å². The largest absolute Gasteiger partial charge is 0.362 e. The summed E-state index contributed by atoms with van der Waals surface area (Å²) in [6, 6.07) is 9.05. The zero-order chi connectivity index (χ0) is 8.97. The summed E-state index contributed by atoms with van der Waals surface area (Å²) in [4.78, 5) is 0. The summed E-state index contributed by atoms with van der Waals surface area (Å²) in [7, 11) is 1.50. The van der Waals surface area contributed by atoms with Gasteiger partial charge < -0.3 is 4.74 Å². The molecule has 1 unspecified atom stereocenters. The number of nitriles is 1. The number of hydrogen-bond acceptors (Lipinski definition) is 2. The van der Waals surface area contributed by atoms with Crippen molar-refractivity contribution in [2.24, 2.45) is 0 Å². The first-order chi connectivity index (χ1) is 5.77. The van der Waals surface area contributed by atoms with E-state index in [1.54, 1.807) is 24.3 Å². The van der Waals surface area contributed by atoms with Crippen molar-refractivity contribution in [3.05, 3.63) is 34.9 Å². The van der Waals surface area contributed by atoms with Crippen LogP contribution in [0.2, 0.25) is 5.02 Å². The molecule has 0 aliphatic rings. The van der Waals surface area contributed by atoms with Crippen LogP contribution in [0, 0.1) is 11.3 Å². The van der Waals surface area contributed by atoms with E-state index < -0.39 is 6.10 Å². The summed E-state index contributed by atoms with van der Waals surface area (Å²) in [5, 5.41) is 9.30. The molecule has 62 valence electrons. The average Bonchev–Trinajstić information content (AvgIpc) is 2.10. The van der Waals surface area contributed by atoms with E-state index in [9.17, 15) is 0 Å². The molecule has 0 aromatic heterocycles. The Kier molecular flexibility index (Phi) is 3.09. The number of ether oxygens (including phenoxy) is 1. The molecule has 3 heteroatoms. The van der Waals surface area contributed by atoms with E-state index in [4.69, 9.17) is 21.6 Å². The summed E-state index contributed by atoms with van der Waals surface area (Å²) >= 11 is 5.68. The summed E-state index contributed by atoms with van der Waals surface area (Å²) in [6.45, 7) is 0. The third-order valence-electron chi connectivity index (χ3n) is 1.53. The molecule has 1 atom stereocenters. The van der Waals surface area contributed by atoms with Crippen molar-refractivity contribution in [1.29, 1.82) is 5.26 Å². The zero-order valence-corrected chi connectivity index (χ0v) is 7.38. The SMILES string of the molecule is COC(C#N)c1ccc(Cl)cc1. The Labute approximate surface area is 76.3 Å². The van der Waals surface area contributed by atoms with Gasteiger partial charge in [-0.2, -0.15) is 5.26 Å². The van der Waals surface area contributed by atoms with Crippen LogP contribution in [0.25, 0.3) is 0 Å². The standard InChI is InChI=1S/C9H8ClNO/c1-12-9(6-11)7-2-4-8(10)5-3-7/h2-5,9H,1H3. The van der Waals surface area contributed by atoms with Gasteiger partial charge in [0.05, 0.1) is 6.07 Å². The molecule has 2 nitrogen and oxygen atoms in total. The molecular formula is C9H8ClNO. The quantitative estimate of drug-likeness (QED) is 0.703. The van der Waals surface area contributed by atoms with E-state index in [1.165, 1.54) is 7.11 Å². The van der Waals surface area contributed by atoms with Crippen LogP contribution in [0.3, 0.4) is 0 Å². The lowest BCUT2D eigenvalue weighted by molar-refractivity contribution is 0.148. The highest BCUT2D eigenvalue weighted by atomic mass is 35.5. The molecule has 0 amide bonds. The minimum atomic E-state index is -0.498. The Bertz CT molecular complexity index is 288. The highest BCUT2D eigenvalue weighted by Gasteiger charge is 2.07. The summed E-state index contributed by atoms with van der Waals surface area (Å²) in [5.41, 5.74) is 0.824. The van der Waals surface area contributed by atoms with Gasteiger partial charge in [-0.15, -0.1) is 0 Å². The maximum Gasteiger partial charge on any atom is 0.168 e. The molecular weight excluding hydrogens is 174 g/mol. The molecule has 0 aliphatic carbocycles. The van der Waals surface area contributed by atoms with E-state index in [2.05, 4.69) is 0 Å². The van der Waals surface area contributed by atoms with Crippen LogP contribution in [0.15, 0.2) is 24.3 Å². The lowest BCUT2D eigenvalue weighted by atomic mass is 10.1. The Balaban J connectivity index is 2.89. The fourth-order valence-corrected chi connectivity index (χ4v) is 1.03. The van der Waals surface area contributed by atoms with E-state index in [0.29, 0.717) is 5.02 Å². The normalized spacial score (nSPS) is 12.1. The Hall–Kier alpha value is -1.04. The monoisotopic (exact) mass is 181 g/mol. The van der Waals surface area contributed by atoms with Gasteiger partial charge in [0.2, 0.25) is 0 Å². The van der Waals surface area contributed by atoms with Gasteiger partial charge >= 0.3 is 0 Å². The van der Waals surface area contributed by atoms with Crippen molar-refractivity contribution in [1.82, 2.24) is 0 Å². The topological polar surface area (TPSA) is 33.0 Å². The first-order valence-electron chi connectivity index (χ1n) is 3.46. The number of nitrogens with zero attached hydrogens (tertiary/aromatic N) is 1. The minimum Gasteiger partial charge on any atom is -0.362 e. The van der Waals surface area contributed by atoms with Crippen LogP contribution in [0.1, 0.15) is 11.7 Å². The van der Waals surface area contributed by atoms with Crippen molar-refractivity contribution in [3.8, 4) is 6.07 Å². The van der Waals surface area contributed by atoms with Gasteiger partial charge in [0, 0.05) is 12.1 Å². The van der Waals surface area contributed by atoms with E-state index in [-0.39, 0.29) is 0 Å². The van der Waals surface area contributed by atoms with Crippen LogP contribution in [-0.2, 0) is 4.74 Å². The smallest absolute Gasteiger partial charge is 0.168 e. The lowest BCUT2D eigenvalue weighted by Crippen LogP contribution is -1.96. The van der Waals surface area contributed by atoms with Crippen molar-refractivity contribution in [2.45, 2.75) is 6.10 Å². The van der Waals surface area contributed by atoms with Crippen LogP contribution in [-0.4, -0.2) is 7.11 Å². The molecule has 1 aromatic rings. The fraction of sp³-hybridized carbons (Fsp3) is 0.222. The molecule has 0 saturated heterocycles. The molecule has 0 fully saturated rings. The molecule has 0 aliphatic heterocycles. The molecule has 0 bridgehead atoms. The Morgan fingerprint density at radius 2 is 2.00 bits per heavy atom. The lowest BCUT2D eigenvalue weighted by Gasteiger charge is -2.05. The highest BCUT2D eigenvalue weighted by molar-refractivity contribution is 6.30. The van der Waals surface area contributed by atoms with E-state index in [1.807, 2.05) is 6.07 Å². The first-order valence-corrected chi connectivity index (χ1v) is 3.83. The predicted octanol–water partition coefficient (Wildman–Crippen LogP) is 2.55. The summed E-state index contributed by atoms with van der Waals surface area (Å²) < 4.78 is 4.92. The second-order valence-corrected chi connectivity index (χ2v) is 2.73. The number of methoxy groups -OCH3 is 1. The van der Waals surface area contributed by atoms with Crippen LogP contribution in [0.4, 0.5) is 0 Å². The third kappa shape index (κ3) is 1.97. The van der Waals surface area contributed by atoms with Gasteiger partial charge in [-0.25, -0.2) is 0 Å². The maximum atomic E-state index is 8.64. The fourth-order valence-electron chi connectivity index (χ4n) is 0.901. The Morgan fingerprint density at radius 1 is 1.42 bits per heavy atom. The zero-order valence-electron chi connectivity index (χ0n) is 6.62. The minimum absolute atomic E-state index is 0.498. The van der Waals surface area contributed by atoms with Crippen molar-refractivity contribution < 1.29 is 4.74 Å². The van der Waals surface area contributed by atoms with Crippen molar-refractivity contribution in [3.63, 3.8) is 0 Å². The summed E-state index contributed by atoms with van der Waals surface area (Å²) in [6.07, 6.45) is -0.498. The van der Waals surface area contributed by atoms with Gasteiger partial charge in [-0.05, 0) is 17.7 Å².